The Balaban J connectivity index is 2.40. The molecule has 1 aliphatic heterocycles. The van der Waals surface area contributed by atoms with Crippen molar-refractivity contribution in [3.05, 3.63) is 0 Å². The summed E-state index contributed by atoms with van der Waals surface area (Å²) in [4.78, 5) is 24.5. The molecule has 14 heavy (non-hydrogen) atoms. The molecule has 0 saturated carbocycles. The molecule has 1 saturated heterocycles. The first kappa shape index (κ1) is 10.3. The number of hydrogen-bond donors (Lipinski definition) is 1. The molecule has 0 atom stereocenters. The van der Waals surface area contributed by atoms with Gasteiger partial charge in [0.25, 0.3) is 0 Å². The van der Waals surface area contributed by atoms with Crippen LogP contribution >= 0.6 is 0 Å². The molecule has 1 N–H and O–H groups in total. The third kappa shape index (κ3) is 2.36. The monoisotopic (exact) mass is 197 g/mol. The number of nitrogens with zero attached hydrogens (tertiary/aromatic N) is 3. The van der Waals surface area contributed by atoms with E-state index < -0.39 is 6.09 Å². The summed E-state index contributed by atoms with van der Waals surface area (Å²) in [6.07, 6.45) is -1.09. The van der Waals surface area contributed by atoms with Gasteiger partial charge in [0.05, 0.1) is 6.07 Å². The molecular formula is C8H11N3O3. The second-order valence-electron chi connectivity index (χ2n) is 2.99. The second-order valence-corrected chi connectivity index (χ2v) is 2.99. The molecule has 1 heterocycles. The van der Waals surface area contributed by atoms with E-state index in [0.717, 1.165) is 0 Å². The fourth-order valence-corrected chi connectivity index (χ4v) is 1.33. The summed E-state index contributed by atoms with van der Waals surface area (Å²) in [5, 5.41) is 16.9. The Morgan fingerprint density at radius 1 is 1.21 bits per heavy atom. The van der Waals surface area contributed by atoms with E-state index in [1.165, 1.54) is 9.80 Å². The average molecular weight is 197 g/mol. The first-order valence-corrected chi connectivity index (χ1v) is 4.27. The molecular weight excluding hydrogens is 186 g/mol. The molecule has 1 rings (SSSR count). The molecule has 0 aliphatic carbocycles. The second kappa shape index (κ2) is 4.46. The van der Waals surface area contributed by atoms with Crippen LogP contribution in [0.1, 0.15) is 6.42 Å². The van der Waals surface area contributed by atoms with Crippen LogP contribution in [0.2, 0.25) is 0 Å². The maximum atomic E-state index is 11.2. The van der Waals surface area contributed by atoms with Crippen LogP contribution in [0.25, 0.3) is 0 Å². The molecule has 0 bridgehead atoms. The van der Waals surface area contributed by atoms with Gasteiger partial charge >= 0.3 is 6.09 Å². The van der Waals surface area contributed by atoms with Gasteiger partial charge in [0.1, 0.15) is 6.42 Å². The van der Waals surface area contributed by atoms with Crippen molar-refractivity contribution in [1.29, 1.82) is 5.26 Å². The molecule has 1 fully saturated rings. The highest BCUT2D eigenvalue weighted by Crippen LogP contribution is 2.03. The molecule has 0 aromatic heterocycles. The number of nitriles is 1. The highest BCUT2D eigenvalue weighted by atomic mass is 16.4. The van der Waals surface area contributed by atoms with E-state index >= 15 is 0 Å². The predicted octanol–water partition coefficient (Wildman–Crippen LogP) is -0.278. The summed E-state index contributed by atoms with van der Waals surface area (Å²) in [6.45, 7) is 1.42. The quantitative estimate of drug-likeness (QED) is 0.626. The predicted molar refractivity (Wildman–Crippen MR) is 46.4 cm³/mol. The molecule has 6 heteroatoms. The Labute approximate surface area is 81.3 Å². The van der Waals surface area contributed by atoms with Gasteiger partial charge in [-0.15, -0.1) is 0 Å². The number of carbonyl (C=O) groups is 2. The molecule has 6 nitrogen and oxygen atoms in total. The van der Waals surface area contributed by atoms with E-state index in [4.69, 9.17) is 10.4 Å². The van der Waals surface area contributed by atoms with Crippen LogP contribution < -0.4 is 0 Å². The SMILES string of the molecule is N#CCC(=O)N1CCN(C(=O)O)CC1. The fraction of sp³-hybridized carbons (Fsp3) is 0.625. The number of amides is 2. The number of carbonyl (C=O) groups excluding carboxylic acids is 1. The number of carboxylic acid groups (broad SMARTS) is 1. The Bertz CT molecular complexity index is 276. The zero-order valence-electron chi connectivity index (χ0n) is 7.64. The van der Waals surface area contributed by atoms with Crippen LogP contribution in [0.4, 0.5) is 4.79 Å². The molecule has 0 radical (unpaired) electrons. The Morgan fingerprint density at radius 2 is 1.71 bits per heavy atom. The van der Waals surface area contributed by atoms with Gasteiger partial charge in [-0.1, -0.05) is 0 Å². The number of piperazine rings is 1. The van der Waals surface area contributed by atoms with Crippen LogP contribution in [0.15, 0.2) is 0 Å². The summed E-state index contributed by atoms with van der Waals surface area (Å²) in [5.74, 6) is -0.225. The van der Waals surface area contributed by atoms with Crippen LogP contribution in [-0.2, 0) is 4.79 Å². The van der Waals surface area contributed by atoms with Gasteiger partial charge in [0.2, 0.25) is 5.91 Å². The molecule has 0 spiro atoms. The van der Waals surface area contributed by atoms with Crippen LogP contribution in [-0.4, -0.2) is 53.1 Å². The standard InChI is InChI=1S/C8H11N3O3/c9-2-1-7(12)10-3-5-11(6-4-10)8(13)14/h1,3-6H2,(H,13,14). The Kier molecular flexibility index (Phi) is 3.29. The summed E-state index contributed by atoms with van der Waals surface area (Å²) in [6, 6.07) is 1.78. The van der Waals surface area contributed by atoms with Gasteiger partial charge in [-0.2, -0.15) is 5.26 Å². The van der Waals surface area contributed by atoms with Crippen molar-refractivity contribution in [2.75, 3.05) is 26.2 Å². The average Bonchev–Trinajstić information content (AvgIpc) is 2.18. The lowest BCUT2D eigenvalue weighted by atomic mass is 10.3. The lowest BCUT2D eigenvalue weighted by Crippen LogP contribution is -2.50. The van der Waals surface area contributed by atoms with Crippen LogP contribution in [0.3, 0.4) is 0 Å². The van der Waals surface area contributed by atoms with E-state index in [2.05, 4.69) is 0 Å². The zero-order chi connectivity index (χ0) is 10.6. The normalized spacial score (nSPS) is 16.2. The summed E-state index contributed by atoms with van der Waals surface area (Å²) >= 11 is 0. The maximum Gasteiger partial charge on any atom is 0.407 e. The zero-order valence-corrected chi connectivity index (χ0v) is 7.64. The minimum Gasteiger partial charge on any atom is -0.465 e. The lowest BCUT2D eigenvalue weighted by Gasteiger charge is -2.32. The van der Waals surface area contributed by atoms with E-state index in [1.54, 1.807) is 6.07 Å². The van der Waals surface area contributed by atoms with E-state index in [0.29, 0.717) is 26.2 Å². The highest BCUT2D eigenvalue weighted by molar-refractivity contribution is 5.78. The van der Waals surface area contributed by atoms with Crippen molar-refractivity contribution in [1.82, 2.24) is 9.80 Å². The molecule has 0 unspecified atom stereocenters. The first-order chi connectivity index (χ1) is 6.65. The summed E-state index contributed by atoms with van der Waals surface area (Å²) in [7, 11) is 0. The third-order valence-corrected chi connectivity index (χ3v) is 2.13. The van der Waals surface area contributed by atoms with Crippen molar-refractivity contribution in [3.63, 3.8) is 0 Å². The minimum atomic E-state index is -0.961. The van der Waals surface area contributed by atoms with Gasteiger partial charge in [-0.05, 0) is 0 Å². The van der Waals surface area contributed by atoms with Crippen LogP contribution in [0, 0.1) is 11.3 Å². The van der Waals surface area contributed by atoms with Crippen molar-refractivity contribution in [2.24, 2.45) is 0 Å². The molecule has 76 valence electrons. The van der Waals surface area contributed by atoms with Gasteiger partial charge in [0, 0.05) is 26.2 Å². The molecule has 1 aliphatic rings. The smallest absolute Gasteiger partial charge is 0.407 e. The number of hydrogen-bond acceptors (Lipinski definition) is 3. The van der Waals surface area contributed by atoms with Gasteiger partial charge in [-0.25, -0.2) is 4.79 Å². The highest BCUT2D eigenvalue weighted by Gasteiger charge is 2.22. The summed E-state index contributed by atoms with van der Waals surface area (Å²) in [5.41, 5.74) is 0. The van der Waals surface area contributed by atoms with E-state index in [1.807, 2.05) is 0 Å². The van der Waals surface area contributed by atoms with Gasteiger partial charge in [0.15, 0.2) is 0 Å². The van der Waals surface area contributed by atoms with Crippen molar-refractivity contribution >= 4 is 12.0 Å². The number of rotatable bonds is 1. The van der Waals surface area contributed by atoms with Crippen LogP contribution in [0.5, 0.6) is 0 Å². The minimum absolute atomic E-state index is 0.132. The Morgan fingerprint density at radius 3 is 2.14 bits per heavy atom. The lowest BCUT2D eigenvalue weighted by molar-refractivity contribution is -0.131. The molecule has 2 amide bonds. The third-order valence-electron chi connectivity index (χ3n) is 2.13. The van der Waals surface area contributed by atoms with Crippen molar-refractivity contribution < 1.29 is 14.7 Å². The fourth-order valence-electron chi connectivity index (χ4n) is 1.33. The molecule has 0 aromatic rings. The topological polar surface area (TPSA) is 84.6 Å². The first-order valence-electron chi connectivity index (χ1n) is 4.27. The molecule has 0 aromatic carbocycles. The van der Waals surface area contributed by atoms with Crippen molar-refractivity contribution in [3.8, 4) is 6.07 Å². The summed E-state index contributed by atoms with van der Waals surface area (Å²) < 4.78 is 0. The Hall–Kier alpha value is -1.77. The van der Waals surface area contributed by atoms with E-state index in [-0.39, 0.29) is 12.3 Å². The van der Waals surface area contributed by atoms with Gasteiger partial charge < -0.3 is 14.9 Å². The maximum absolute atomic E-state index is 11.2. The van der Waals surface area contributed by atoms with Gasteiger partial charge in [-0.3, -0.25) is 4.79 Å². The van der Waals surface area contributed by atoms with E-state index in [9.17, 15) is 9.59 Å². The largest absolute Gasteiger partial charge is 0.465 e. The van der Waals surface area contributed by atoms with Crippen molar-refractivity contribution in [2.45, 2.75) is 6.42 Å².